The Morgan fingerprint density at radius 1 is 0.956 bits per heavy atom. The number of hydrogen-bond donors (Lipinski definition) is 3. The van der Waals surface area contributed by atoms with Crippen LogP contribution in [0.4, 0.5) is 0 Å². The molecule has 3 atom stereocenters. The van der Waals surface area contributed by atoms with Crippen LogP contribution >= 0.6 is 0 Å². The van der Waals surface area contributed by atoms with Crippen molar-refractivity contribution >= 4 is 11.7 Å². The average molecular weight is 615 g/mol. The maximum absolute atomic E-state index is 11.0. The minimum atomic E-state index is -1.01. The second kappa shape index (κ2) is 15.2. The van der Waals surface area contributed by atoms with E-state index in [1.807, 2.05) is 85.8 Å². The number of methoxy groups -OCH3 is 2. The molecule has 0 aliphatic carbocycles. The minimum Gasteiger partial charge on any atom is -0.497 e. The molecule has 45 heavy (non-hydrogen) atoms. The number of amidine groups is 2. The molecule has 0 saturated carbocycles. The molecule has 0 radical (unpaired) electrons. The van der Waals surface area contributed by atoms with E-state index in [-0.39, 0.29) is 12.4 Å². The van der Waals surface area contributed by atoms with Crippen molar-refractivity contribution in [2.24, 2.45) is 4.99 Å². The SMILES string of the molecule is COc1ccc(C(OC[C@H]2O[C@@H](N/C=C\C(=N)/N=C(/C)N3CCOCC3)CC2O)(c2ccccc2)c2ccc(OC)cc2)cc1. The van der Waals surface area contributed by atoms with Gasteiger partial charge in [-0.05, 0) is 54.0 Å². The van der Waals surface area contributed by atoms with Gasteiger partial charge in [0.05, 0.1) is 40.1 Å². The first-order valence-corrected chi connectivity index (χ1v) is 15.1. The standard InChI is InChI=1S/C35H42N4O6/c1-25(39-19-21-43-22-20-39)38-33(36)17-18-37-34-23-31(40)32(45-34)24-44-35(26-7-5-4-6-8-26,27-9-13-29(41-2)14-10-27)28-11-15-30(42-3)16-12-28/h4-18,31-32,34,36-37,40H,19-24H2,1-3H3/b18-17-,36-33?,38-25-/t31?,32-,34-/m1/s1. The van der Waals surface area contributed by atoms with Gasteiger partial charge in [0.15, 0.2) is 0 Å². The van der Waals surface area contributed by atoms with E-state index in [1.54, 1.807) is 26.5 Å². The summed E-state index contributed by atoms with van der Waals surface area (Å²) >= 11 is 0. The van der Waals surface area contributed by atoms with Crippen LogP contribution in [0.2, 0.25) is 0 Å². The molecule has 10 nitrogen and oxygen atoms in total. The first-order valence-electron chi connectivity index (χ1n) is 15.1. The van der Waals surface area contributed by atoms with Gasteiger partial charge in [0.2, 0.25) is 0 Å². The molecule has 2 aliphatic heterocycles. The average Bonchev–Trinajstić information content (AvgIpc) is 3.45. The van der Waals surface area contributed by atoms with Crippen molar-refractivity contribution in [3.63, 3.8) is 0 Å². The van der Waals surface area contributed by atoms with Gasteiger partial charge in [0, 0.05) is 25.7 Å². The van der Waals surface area contributed by atoms with Gasteiger partial charge >= 0.3 is 0 Å². The van der Waals surface area contributed by atoms with E-state index >= 15 is 0 Å². The molecule has 5 rings (SSSR count). The quantitative estimate of drug-likeness (QED) is 0.166. The molecule has 2 saturated heterocycles. The number of hydrogen-bond acceptors (Lipinski definition) is 8. The summed E-state index contributed by atoms with van der Waals surface area (Å²) in [6.45, 7) is 4.88. The number of aliphatic imine (C=N–C) groups is 1. The lowest BCUT2D eigenvalue weighted by Crippen LogP contribution is -2.39. The summed E-state index contributed by atoms with van der Waals surface area (Å²) in [4.78, 5) is 6.48. The van der Waals surface area contributed by atoms with Crippen LogP contribution in [0.1, 0.15) is 30.0 Å². The van der Waals surface area contributed by atoms with E-state index in [0.29, 0.717) is 19.6 Å². The molecule has 0 aromatic heterocycles. The third kappa shape index (κ3) is 7.72. The largest absolute Gasteiger partial charge is 0.497 e. The number of nitrogens with one attached hydrogen (secondary N) is 2. The Morgan fingerprint density at radius 2 is 1.53 bits per heavy atom. The van der Waals surface area contributed by atoms with Gasteiger partial charge in [0.25, 0.3) is 0 Å². The Balaban J connectivity index is 1.32. The lowest BCUT2D eigenvalue weighted by molar-refractivity contribution is -0.0846. The first kappa shape index (κ1) is 32.2. The third-order valence-corrected chi connectivity index (χ3v) is 8.14. The summed E-state index contributed by atoms with van der Waals surface area (Å²) in [7, 11) is 3.28. The van der Waals surface area contributed by atoms with Gasteiger partial charge in [-0.25, -0.2) is 4.99 Å². The summed E-state index contributed by atoms with van der Waals surface area (Å²) in [5.41, 5.74) is 1.71. The van der Waals surface area contributed by atoms with Crippen LogP contribution in [-0.2, 0) is 19.8 Å². The van der Waals surface area contributed by atoms with Crippen molar-refractivity contribution in [3.05, 3.63) is 108 Å². The zero-order valence-electron chi connectivity index (χ0n) is 26.0. The van der Waals surface area contributed by atoms with E-state index in [4.69, 9.17) is 29.1 Å². The van der Waals surface area contributed by atoms with Gasteiger partial charge < -0.3 is 39.0 Å². The van der Waals surface area contributed by atoms with E-state index in [1.165, 1.54) is 0 Å². The normalized spacial score (nSPS) is 20.8. The summed E-state index contributed by atoms with van der Waals surface area (Å²) in [6, 6.07) is 25.6. The highest BCUT2D eigenvalue weighted by Crippen LogP contribution is 2.42. The maximum atomic E-state index is 11.0. The monoisotopic (exact) mass is 614 g/mol. The van der Waals surface area contributed by atoms with Gasteiger partial charge in [0.1, 0.15) is 41.1 Å². The number of benzene rings is 3. The zero-order valence-corrected chi connectivity index (χ0v) is 26.0. The van der Waals surface area contributed by atoms with Crippen molar-refractivity contribution in [2.45, 2.75) is 37.4 Å². The smallest absolute Gasteiger partial charge is 0.147 e. The number of aliphatic hydroxyl groups is 1. The molecule has 0 bridgehead atoms. The molecule has 0 amide bonds. The number of ether oxygens (including phenoxy) is 5. The lowest BCUT2D eigenvalue weighted by atomic mass is 9.80. The predicted molar refractivity (Wildman–Crippen MR) is 173 cm³/mol. The van der Waals surface area contributed by atoms with Gasteiger partial charge in [-0.1, -0.05) is 54.6 Å². The molecule has 1 unspecified atom stereocenters. The Kier molecular flexibility index (Phi) is 10.9. The van der Waals surface area contributed by atoms with Crippen LogP contribution in [0.3, 0.4) is 0 Å². The van der Waals surface area contributed by atoms with Crippen LogP contribution in [0, 0.1) is 5.41 Å². The first-order chi connectivity index (χ1) is 21.9. The fourth-order valence-electron chi connectivity index (χ4n) is 5.67. The van der Waals surface area contributed by atoms with Gasteiger partial charge in [-0.3, -0.25) is 5.41 Å². The molecule has 2 heterocycles. The van der Waals surface area contributed by atoms with Crippen LogP contribution in [0.25, 0.3) is 0 Å². The van der Waals surface area contributed by atoms with Crippen molar-refractivity contribution in [1.29, 1.82) is 5.41 Å². The highest BCUT2D eigenvalue weighted by Gasteiger charge is 2.41. The molecule has 3 aromatic rings. The van der Waals surface area contributed by atoms with Crippen LogP contribution in [0.5, 0.6) is 11.5 Å². The molecule has 3 N–H and O–H groups in total. The molecule has 2 aliphatic rings. The summed E-state index contributed by atoms with van der Waals surface area (Å²) in [5, 5.41) is 22.4. The zero-order chi connectivity index (χ0) is 31.6. The number of aliphatic hydroxyl groups excluding tert-OH is 1. The molecular weight excluding hydrogens is 572 g/mol. The van der Waals surface area contributed by atoms with E-state index < -0.39 is 24.0 Å². The molecule has 238 valence electrons. The molecular formula is C35H42N4O6. The minimum absolute atomic E-state index is 0.120. The number of nitrogens with zero attached hydrogens (tertiary/aromatic N) is 2. The summed E-state index contributed by atoms with van der Waals surface area (Å²) in [5.74, 6) is 2.38. The van der Waals surface area contributed by atoms with Crippen molar-refractivity contribution in [1.82, 2.24) is 10.2 Å². The van der Waals surface area contributed by atoms with Crippen LogP contribution in [0.15, 0.2) is 96.1 Å². The molecule has 10 heteroatoms. The second-order valence-corrected chi connectivity index (χ2v) is 10.9. The van der Waals surface area contributed by atoms with E-state index in [2.05, 4.69) is 15.2 Å². The highest BCUT2D eigenvalue weighted by molar-refractivity contribution is 6.00. The Hall–Kier alpha value is -4.22. The third-order valence-electron chi connectivity index (χ3n) is 8.14. The van der Waals surface area contributed by atoms with Crippen molar-refractivity contribution in [3.8, 4) is 11.5 Å². The van der Waals surface area contributed by atoms with Crippen molar-refractivity contribution < 1.29 is 28.8 Å². The van der Waals surface area contributed by atoms with Crippen LogP contribution in [-0.4, -0.2) is 87.2 Å². The fourth-order valence-corrected chi connectivity index (χ4v) is 5.67. The highest BCUT2D eigenvalue weighted by atomic mass is 16.6. The van der Waals surface area contributed by atoms with E-state index in [9.17, 15) is 5.11 Å². The molecule has 2 fully saturated rings. The maximum Gasteiger partial charge on any atom is 0.147 e. The van der Waals surface area contributed by atoms with Gasteiger partial charge in [-0.15, -0.1) is 0 Å². The number of rotatable bonds is 11. The number of morpholine rings is 1. The molecule has 0 spiro atoms. The Labute approximate surface area is 264 Å². The Morgan fingerprint density at radius 3 is 2.11 bits per heavy atom. The summed E-state index contributed by atoms with van der Waals surface area (Å²) < 4.78 is 29.4. The van der Waals surface area contributed by atoms with Crippen molar-refractivity contribution in [2.75, 3.05) is 47.1 Å². The van der Waals surface area contributed by atoms with E-state index in [0.717, 1.165) is 47.1 Å². The second-order valence-electron chi connectivity index (χ2n) is 10.9. The molecule has 3 aromatic carbocycles. The predicted octanol–water partition coefficient (Wildman–Crippen LogP) is 4.32. The Bertz CT molecular complexity index is 1390. The lowest BCUT2D eigenvalue weighted by Gasteiger charge is -2.37. The van der Waals surface area contributed by atoms with Crippen LogP contribution < -0.4 is 14.8 Å². The van der Waals surface area contributed by atoms with Gasteiger partial charge in [-0.2, -0.15) is 0 Å². The fraction of sp³-hybridized carbons (Fsp3) is 0.371. The summed E-state index contributed by atoms with van der Waals surface area (Å²) in [6.07, 6.45) is 1.80. The topological polar surface area (TPSA) is 118 Å².